The van der Waals surface area contributed by atoms with Crippen molar-refractivity contribution in [3.63, 3.8) is 0 Å². The summed E-state index contributed by atoms with van der Waals surface area (Å²) in [5.41, 5.74) is 1.71. The van der Waals surface area contributed by atoms with Crippen molar-refractivity contribution >= 4 is 11.6 Å². The van der Waals surface area contributed by atoms with Crippen LogP contribution in [0, 0.1) is 0 Å². The molecule has 0 amide bonds. The van der Waals surface area contributed by atoms with Crippen LogP contribution >= 0.6 is 11.6 Å². The molecule has 18 heavy (non-hydrogen) atoms. The predicted octanol–water partition coefficient (Wildman–Crippen LogP) is 2.58. The molecule has 2 heterocycles. The Morgan fingerprint density at radius 2 is 2.00 bits per heavy atom. The summed E-state index contributed by atoms with van der Waals surface area (Å²) in [6.07, 6.45) is 3.22. The highest BCUT2D eigenvalue weighted by atomic mass is 35.5. The fraction of sp³-hybridized carbons (Fsp3) is 0. The second-order valence-electron chi connectivity index (χ2n) is 3.65. The van der Waals surface area contributed by atoms with Gasteiger partial charge in [0, 0.05) is 16.1 Å². The minimum Gasteiger partial charge on any atom is -0.259 e. The third-order valence-electron chi connectivity index (χ3n) is 2.43. The van der Waals surface area contributed by atoms with E-state index in [1.807, 2.05) is 24.3 Å². The zero-order valence-electron chi connectivity index (χ0n) is 9.21. The first-order chi connectivity index (χ1) is 8.83. The minimum absolute atomic E-state index is 0.583. The molecule has 0 aliphatic heterocycles. The second-order valence-corrected chi connectivity index (χ2v) is 4.09. The van der Waals surface area contributed by atoms with Crippen LogP contribution in [0.1, 0.15) is 0 Å². The molecule has 6 heteroatoms. The van der Waals surface area contributed by atoms with Gasteiger partial charge in [0.2, 0.25) is 0 Å². The number of H-pyrrole nitrogens is 1. The average Bonchev–Trinajstić information content (AvgIpc) is 2.89. The highest BCUT2D eigenvalue weighted by molar-refractivity contribution is 6.30. The Labute approximate surface area is 108 Å². The molecule has 5 nitrogen and oxygen atoms in total. The largest absolute Gasteiger partial charge is 0.259 e. The van der Waals surface area contributed by atoms with E-state index < -0.39 is 0 Å². The number of halogens is 1. The molecule has 2 aromatic heterocycles. The van der Waals surface area contributed by atoms with Gasteiger partial charge in [0.25, 0.3) is 0 Å². The quantitative estimate of drug-likeness (QED) is 0.766. The number of hydrogen-bond donors (Lipinski definition) is 1. The molecule has 0 saturated carbocycles. The van der Waals surface area contributed by atoms with E-state index >= 15 is 0 Å². The van der Waals surface area contributed by atoms with Crippen molar-refractivity contribution in [2.24, 2.45) is 0 Å². The van der Waals surface area contributed by atoms with E-state index in [1.54, 1.807) is 18.5 Å². The maximum Gasteiger partial charge on any atom is 0.183 e. The molecule has 88 valence electrons. The van der Waals surface area contributed by atoms with Crippen molar-refractivity contribution < 1.29 is 0 Å². The summed E-state index contributed by atoms with van der Waals surface area (Å²) in [6, 6.07) is 9.23. The van der Waals surface area contributed by atoms with Gasteiger partial charge in [-0.15, -0.1) is 0 Å². The normalized spacial score (nSPS) is 10.5. The van der Waals surface area contributed by atoms with Crippen LogP contribution in [0.5, 0.6) is 0 Å². The molecule has 0 bridgehead atoms. The van der Waals surface area contributed by atoms with Gasteiger partial charge in [-0.3, -0.25) is 5.10 Å². The lowest BCUT2D eigenvalue weighted by Gasteiger charge is -1.95. The van der Waals surface area contributed by atoms with Crippen molar-refractivity contribution in [1.29, 1.82) is 0 Å². The highest BCUT2D eigenvalue weighted by Crippen LogP contribution is 2.21. The first-order valence-corrected chi connectivity index (χ1v) is 5.66. The molecule has 1 aromatic carbocycles. The Morgan fingerprint density at radius 1 is 1.06 bits per heavy atom. The van der Waals surface area contributed by atoms with Crippen LogP contribution in [-0.4, -0.2) is 25.4 Å². The van der Waals surface area contributed by atoms with Crippen molar-refractivity contribution in [1.82, 2.24) is 25.4 Å². The van der Waals surface area contributed by atoms with Crippen molar-refractivity contribution in [2.75, 3.05) is 0 Å². The maximum absolute atomic E-state index is 5.94. The summed E-state index contributed by atoms with van der Waals surface area (Å²) < 4.78 is 0. The molecule has 0 aliphatic rings. The molecule has 0 fully saturated rings. The number of benzene rings is 1. The fourth-order valence-corrected chi connectivity index (χ4v) is 1.77. The standard InChI is InChI=1S/C12H8ClN5/c13-10-3-1-2-8(6-10)11-16-12(18-17-11)9-4-5-14-15-7-9/h1-7H,(H,16,17,18). The van der Waals surface area contributed by atoms with Crippen LogP contribution in [-0.2, 0) is 0 Å². The van der Waals surface area contributed by atoms with E-state index in [0.717, 1.165) is 11.1 Å². The summed E-state index contributed by atoms with van der Waals surface area (Å²) in [5.74, 6) is 1.25. The molecular weight excluding hydrogens is 250 g/mol. The highest BCUT2D eigenvalue weighted by Gasteiger charge is 2.07. The average molecular weight is 258 g/mol. The van der Waals surface area contributed by atoms with Gasteiger partial charge >= 0.3 is 0 Å². The van der Waals surface area contributed by atoms with Gasteiger partial charge in [-0.1, -0.05) is 23.7 Å². The maximum atomic E-state index is 5.94. The van der Waals surface area contributed by atoms with Gasteiger partial charge < -0.3 is 0 Å². The van der Waals surface area contributed by atoms with Crippen LogP contribution < -0.4 is 0 Å². The number of rotatable bonds is 2. The van der Waals surface area contributed by atoms with Gasteiger partial charge in [0.1, 0.15) is 0 Å². The Hall–Kier alpha value is -2.27. The lowest BCUT2D eigenvalue weighted by molar-refractivity contribution is 1.02. The van der Waals surface area contributed by atoms with Crippen molar-refractivity contribution in [2.45, 2.75) is 0 Å². The zero-order chi connectivity index (χ0) is 12.4. The smallest absolute Gasteiger partial charge is 0.183 e. The molecular formula is C12H8ClN5. The topological polar surface area (TPSA) is 67.3 Å². The van der Waals surface area contributed by atoms with E-state index in [1.165, 1.54) is 0 Å². The van der Waals surface area contributed by atoms with Crippen LogP contribution in [0.2, 0.25) is 5.02 Å². The van der Waals surface area contributed by atoms with Crippen LogP contribution in [0.3, 0.4) is 0 Å². The van der Waals surface area contributed by atoms with Gasteiger partial charge in [0.05, 0.1) is 12.4 Å². The van der Waals surface area contributed by atoms with E-state index in [-0.39, 0.29) is 0 Å². The Balaban J connectivity index is 2.00. The number of nitrogens with zero attached hydrogens (tertiary/aromatic N) is 4. The van der Waals surface area contributed by atoms with Crippen LogP contribution in [0.25, 0.3) is 22.8 Å². The Bertz CT molecular complexity index is 665. The molecule has 0 aliphatic carbocycles. The number of hydrogen-bond acceptors (Lipinski definition) is 4. The van der Waals surface area contributed by atoms with Gasteiger partial charge in [0.15, 0.2) is 11.6 Å². The SMILES string of the molecule is Clc1cccc(-c2nc(-c3ccnnc3)n[nH]2)c1. The van der Waals surface area contributed by atoms with Crippen LogP contribution in [0.4, 0.5) is 0 Å². The molecule has 0 saturated heterocycles. The van der Waals surface area contributed by atoms with Gasteiger partial charge in [-0.2, -0.15) is 15.3 Å². The summed E-state index contributed by atoms with van der Waals surface area (Å²) in [6.45, 7) is 0. The number of aromatic nitrogens is 5. The lowest BCUT2D eigenvalue weighted by Crippen LogP contribution is -1.84. The van der Waals surface area contributed by atoms with Crippen LogP contribution in [0.15, 0.2) is 42.7 Å². The third kappa shape index (κ3) is 2.08. The van der Waals surface area contributed by atoms with Gasteiger partial charge in [-0.25, -0.2) is 4.98 Å². The second kappa shape index (κ2) is 4.54. The first kappa shape index (κ1) is 10.9. The summed E-state index contributed by atoms with van der Waals surface area (Å²) in [7, 11) is 0. The Morgan fingerprint density at radius 3 is 2.78 bits per heavy atom. The summed E-state index contributed by atoms with van der Waals surface area (Å²) >= 11 is 5.94. The van der Waals surface area contributed by atoms with Crippen molar-refractivity contribution in [3.05, 3.63) is 47.7 Å². The van der Waals surface area contributed by atoms with E-state index in [9.17, 15) is 0 Å². The molecule has 0 unspecified atom stereocenters. The van der Waals surface area contributed by atoms with E-state index in [2.05, 4.69) is 25.4 Å². The minimum atomic E-state index is 0.583. The fourth-order valence-electron chi connectivity index (χ4n) is 1.58. The summed E-state index contributed by atoms with van der Waals surface area (Å²) in [4.78, 5) is 4.40. The third-order valence-corrected chi connectivity index (χ3v) is 2.66. The molecule has 0 radical (unpaired) electrons. The monoisotopic (exact) mass is 257 g/mol. The van der Waals surface area contributed by atoms with Gasteiger partial charge in [-0.05, 0) is 18.2 Å². The van der Waals surface area contributed by atoms with E-state index in [4.69, 9.17) is 11.6 Å². The summed E-state index contributed by atoms with van der Waals surface area (Å²) in [5, 5.41) is 15.2. The lowest BCUT2D eigenvalue weighted by atomic mass is 10.2. The molecule has 3 aromatic rings. The zero-order valence-corrected chi connectivity index (χ0v) is 9.96. The molecule has 3 rings (SSSR count). The Kier molecular flexibility index (Phi) is 2.74. The predicted molar refractivity (Wildman–Crippen MR) is 67.9 cm³/mol. The first-order valence-electron chi connectivity index (χ1n) is 5.28. The number of aromatic amines is 1. The van der Waals surface area contributed by atoms with E-state index in [0.29, 0.717) is 16.7 Å². The molecule has 1 N–H and O–H groups in total. The van der Waals surface area contributed by atoms with Crippen molar-refractivity contribution in [3.8, 4) is 22.8 Å². The molecule has 0 atom stereocenters. The number of nitrogens with one attached hydrogen (secondary N) is 1. The molecule has 0 spiro atoms.